The Morgan fingerprint density at radius 3 is 2.95 bits per heavy atom. The Labute approximate surface area is 127 Å². The van der Waals surface area contributed by atoms with E-state index in [0.29, 0.717) is 11.4 Å². The van der Waals surface area contributed by atoms with Gasteiger partial charge in [-0.2, -0.15) is 0 Å². The van der Waals surface area contributed by atoms with Gasteiger partial charge in [-0.25, -0.2) is 14.2 Å². The number of pyridine rings is 1. The van der Waals surface area contributed by atoms with Crippen molar-refractivity contribution >= 4 is 11.8 Å². The van der Waals surface area contributed by atoms with Crippen LogP contribution in [-0.2, 0) is 4.74 Å². The van der Waals surface area contributed by atoms with E-state index in [1.807, 2.05) is 0 Å². The summed E-state index contributed by atoms with van der Waals surface area (Å²) in [6.07, 6.45) is 0.604. The molecule has 2 aromatic rings. The lowest BCUT2D eigenvalue weighted by atomic mass is 10.1. The lowest BCUT2D eigenvalue weighted by molar-refractivity contribution is 0.0527. The van der Waals surface area contributed by atoms with Gasteiger partial charge in [0, 0.05) is 12.7 Å². The number of halogens is 1. The van der Waals surface area contributed by atoms with Crippen molar-refractivity contribution in [3.8, 4) is 0 Å². The van der Waals surface area contributed by atoms with Crippen LogP contribution < -0.4 is 5.32 Å². The number of aliphatic hydroxyl groups is 1. The molecular weight excluding hydrogens is 287 g/mol. The van der Waals surface area contributed by atoms with Crippen molar-refractivity contribution in [2.45, 2.75) is 13.0 Å². The molecule has 0 spiro atoms. The van der Waals surface area contributed by atoms with E-state index in [0.717, 1.165) is 0 Å². The summed E-state index contributed by atoms with van der Waals surface area (Å²) in [6, 6.07) is 8.93. The van der Waals surface area contributed by atoms with Crippen molar-refractivity contribution in [2.75, 3.05) is 18.5 Å². The van der Waals surface area contributed by atoms with Crippen LogP contribution in [0.25, 0.3) is 0 Å². The maximum absolute atomic E-state index is 13.1. The molecular formula is C16H17FN2O3. The number of aromatic nitrogens is 1. The number of hydrogen-bond donors (Lipinski definition) is 2. The highest BCUT2D eigenvalue weighted by atomic mass is 19.1. The van der Waals surface area contributed by atoms with E-state index < -0.39 is 17.9 Å². The number of hydrogen-bond acceptors (Lipinski definition) is 5. The van der Waals surface area contributed by atoms with Crippen molar-refractivity contribution in [1.29, 1.82) is 0 Å². The standard InChI is InChI=1S/C16H17FN2O3/c1-2-22-16(21)13-7-4-8-18-15(13)19-10-14(20)11-5-3-6-12(17)9-11/h3-9,14,20H,2,10H2,1H3,(H,18,19). The molecule has 1 aromatic heterocycles. The van der Waals surface area contributed by atoms with Crippen molar-refractivity contribution < 1.29 is 19.0 Å². The van der Waals surface area contributed by atoms with Gasteiger partial charge in [0.25, 0.3) is 0 Å². The normalized spacial score (nSPS) is 11.8. The van der Waals surface area contributed by atoms with E-state index >= 15 is 0 Å². The van der Waals surface area contributed by atoms with E-state index in [1.54, 1.807) is 25.1 Å². The molecule has 1 aromatic carbocycles. The van der Waals surface area contributed by atoms with Gasteiger partial charge in [-0.1, -0.05) is 12.1 Å². The van der Waals surface area contributed by atoms with E-state index in [9.17, 15) is 14.3 Å². The molecule has 116 valence electrons. The Kier molecular flexibility index (Phi) is 5.43. The van der Waals surface area contributed by atoms with Gasteiger partial charge in [-0.15, -0.1) is 0 Å². The molecule has 0 amide bonds. The number of nitrogens with one attached hydrogen (secondary N) is 1. The zero-order chi connectivity index (χ0) is 15.9. The largest absolute Gasteiger partial charge is 0.462 e. The smallest absolute Gasteiger partial charge is 0.341 e. The fraction of sp³-hybridized carbons (Fsp3) is 0.250. The van der Waals surface area contributed by atoms with Gasteiger partial charge in [-0.05, 0) is 36.8 Å². The SMILES string of the molecule is CCOC(=O)c1cccnc1NCC(O)c1cccc(F)c1. The first-order valence-electron chi connectivity index (χ1n) is 6.91. The number of nitrogens with zero attached hydrogens (tertiary/aromatic N) is 1. The van der Waals surface area contributed by atoms with Gasteiger partial charge in [0.05, 0.1) is 12.7 Å². The number of aliphatic hydroxyl groups excluding tert-OH is 1. The highest BCUT2D eigenvalue weighted by molar-refractivity contribution is 5.94. The summed E-state index contributed by atoms with van der Waals surface area (Å²) in [5.41, 5.74) is 0.733. The molecule has 0 saturated carbocycles. The Morgan fingerprint density at radius 2 is 2.23 bits per heavy atom. The maximum atomic E-state index is 13.1. The second-order valence-corrected chi connectivity index (χ2v) is 4.57. The predicted octanol–water partition coefficient (Wildman–Crippen LogP) is 2.54. The summed E-state index contributed by atoms with van der Waals surface area (Å²) in [7, 11) is 0. The zero-order valence-electron chi connectivity index (χ0n) is 12.1. The molecule has 22 heavy (non-hydrogen) atoms. The predicted molar refractivity (Wildman–Crippen MR) is 80.0 cm³/mol. The molecule has 0 aliphatic heterocycles. The number of carbonyl (C=O) groups is 1. The van der Waals surface area contributed by atoms with Crippen LogP contribution in [0.3, 0.4) is 0 Å². The average Bonchev–Trinajstić information content (AvgIpc) is 2.53. The molecule has 0 saturated heterocycles. The van der Waals surface area contributed by atoms with Crippen molar-refractivity contribution in [1.82, 2.24) is 4.98 Å². The van der Waals surface area contributed by atoms with Gasteiger partial charge in [-0.3, -0.25) is 0 Å². The molecule has 0 fully saturated rings. The fourth-order valence-corrected chi connectivity index (χ4v) is 1.94. The van der Waals surface area contributed by atoms with Crippen LogP contribution in [0.2, 0.25) is 0 Å². The first-order chi connectivity index (χ1) is 10.6. The van der Waals surface area contributed by atoms with Crippen LogP contribution in [0.15, 0.2) is 42.6 Å². The van der Waals surface area contributed by atoms with E-state index in [4.69, 9.17) is 4.74 Å². The Bertz CT molecular complexity index is 649. The summed E-state index contributed by atoms with van der Waals surface area (Å²) in [6.45, 7) is 2.07. The number of rotatable bonds is 6. The van der Waals surface area contributed by atoms with Crippen LogP contribution in [-0.4, -0.2) is 29.2 Å². The monoisotopic (exact) mass is 304 g/mol. The number of carbonyl (C=O) groups excluding carboxylic acids is 1. The van der Waals surface area contributed by atoms with Crippen LogP contribution in [0.1, 0.15) is 28.9 Å². The van der Waals surface area contributed by atoms with E-state index in [1.165, 1.54) is 24.4 Å². The molecule has 6 heteroatoms. The number of anilines is 1. The second kappa shape index (κ2) is 7.51. The van der Waals surface area contributed by atoms with Gasteiger partial charge < -0.3 is 15.2 Å². The summed E-state index contributed by atoms with van der Waals surface area (Å²) < 4.78 is 18.1. The van der Waals surface area contributed by atoms with Gasteiger partial charge in [0.2, 0.25) is 0 Å². The minimum atomic E-state index is -0.923. The molecule has 0 aliphatic rings. The Hall–Kier alpha value is -2.47. The highest BCUT2D eigenvalue weighted by Gasteiger charge is 2.15. The first-order valence-corrected chi connectivity index (χ1v) is 6.91. The Morgan fingerprint density at radius 1 is 1.41 bits per heavy atom. The molecule has 1 heterocycles. The minimum absolute atomic E-state index is 0.0902. The molecule has 0 radical (unpaired) electrons. The third-order valence-electron chi connectivity index (χ3n) is 3.00. The third-order valence-corrected chi connectivity index (χ3v) is 3.00. The number of benzene rings is 1. The van der Waals surface area contributed by atoms with Gasteiger partial charge in [0.1, 0.15) is 17.2 Å². The number of esters is 1. The minimum Gasteiger partial charge on any atom is -0.462 e. The highest BCUT2D eigenvalue weighted by Crippen LogP contribution is 2.17. The maximum Gasteiger partial charge on any atom is 0.341 e. The van der Waals surface area contributed by atoms with Crippen LogP contribution in [0.5, 0.6) is 0 Å². The molecule has 2 rings (SSSR count). The summed E-state index contributed by atoms with van der Waals surface area (Å²) in [4.78, 5) is 15.9. The lowest BCUT2D eigenvalue weighted by Crippen LogP contribution is -2.16. The Balaban J connectivity index is 2.07. The van der Waals surface area contributed by atoms with Crippen LogP contribution in [0.4, 0.5) is 10.2 Å². The first kappa shape index (κ1) is 15.9. The summed E-state index contributed by atoms with van der Waals surface area (Å²) >= 11 is 0. The molecule has 0 bridgehead atoms. The van der Waals surface area contributed by atoms with Crippen molar-refractivity contribution in [2.24, 2.45) is 0 Å². The molecule has 5 nitrogen and oxygen atoms in total. The quantitative estimate of drug-likeness (QED) is 0.803. The summed E-state index contributed by atoms with van der Waals surface area (Å²) in [5, 5.41) is 13.0. The van der Waals surface area contributed by atoms with Gasteiger partial charge >= 0.3 is 5.97 Å². The van der Waals surface area contributed by atoms with Crippen LogP contribution >= 0.6 is 0 Å². The topological polar surface area (TPSA) is 71.5 Å². The van der Waals surface area contributed by atoms with Crippen molar-refractivity contribution in [3.63, 3.8) is 0 Å². The van der Waals surface area contributed by atoms with Crippen molar-refractivity contribution in [3.05, 3.63) is 59.5 Å². The van der Waals surface area contributed by atoms with E-state index in [-0.39, 0.29) is 18.7 Å². The second-order valence-electron chi connectivity index (χ2n) is 4.57. The van der Waals surface area contributed by atoms with Crippen LogP contribution in [0, 0.1) is 5.82 Å². The lowest BCUT2D eigenvalue weighted by Gasteiger charge is -2.14. The zero-order valence-corrected chi connectivity index (χ0v) is 12.1. The third kappa shape index (κ3) is 4.02. The molecule has 2 N–H and O–H groups in total. The molecule has 1 atom stereocenters. The van der Waals surface area contributed by atoms with E-state index in [2.05, 4.69) is 10.3 Å². The number of ether oxygens (including phenoxy) is 1. The molecule has 0 aliphatic carbocycles. The van der Waals surface area contributed by atoms with Gasteiger partial charge in [0.15, 0.2) is 0 Å². The fourth-order valence-electron chi connectivity index (χ4n) is 1.94. The average molecular weight is 304 g/mol. The molecule has 1 unspecified atom stereocenters. The summed E-state index contributed by atoms with van der Waals surface area (Å²) in [5.74, 6) is -0.587.